The molecule has 0 rings (SSSR count). The first-order valence-electron chi connectivity index (χ1n) is 4.96. The van der Waals surface area contributed by atoms with Gasteiger partial charge in [0.2, 0.25) is 0 Å². The molecule has 0 aromatic heterocycles. The summed E-state index contributed by atoms with van der Waals surface area (Å²) in [6.07, 6.45) is 4.03. The molecule has 0 bridgehead atoms. The fourth-order valence-corrected chi connectivity index (χ4v) is 0.903. The second-order valence-electron chi connectivity index (χ2n) is 3.02. The molecule has 3 N–H and O–H groups in total. The van der Waals surface area contributed by atoms with Crippen molar-refractivity contribution in [3.05, 3.63) is 0 Å². The summed E-state index contributed by atoms with van der Waals surface area (Å²) in [5, 5.41) is 15.3. The quantitative estimate of drug-likeness (QED) is 0.380. The molecule has 0 saturated carbocycles. The van der Waals surface area contributed by atoms with Gasteiger partial charge in [-0.2, -0.15) is 0 Å². The van der Waals surface area contributed by atoms with Crippen LogP contribution in [0, 0.1) is 0 Å². The van der Waals surface area contributed by atoms with Crippen LogP contribution in [0.4, 0.5) is 0 Å². The van der Waals surface area contributed by atoms with Gasteiger partial charge in [0.15, 0.2) is 6.35 Å². The van der Waals surface area contributed by atoms with Gasteiger partial charge in [0.25, 0.3) is 0 Å². The van der Waals surface area contributed by atoms with Crippen molar-refractivity contribution in [2.75, 3.05) is 13.1 Å². The zero-order valence-electron chi connectivity index (χ0n) is 8.27. The fraction of sp³-hybridized carbons (Fsp3) is 1.00. The van der Waals surface area contributed by atoms with Crippen molar-refractivity contribution < 1.29 is 5.11 Å². The first-order valence-corrected chi connectivity index (χ1v) is 4.96. The van der Waals surface area contributed by atoms with Crippen LogP contribution in [0.15, 0.2) is 0 Å². The summed E-state index contributed by atoms with van der Waals surface area (Å²) in [6.45, 7) is 6.05. The van der Waals surface area contributed by atoms with Crippen LogP contribution in [0.1, 0.15) is 39.5 Å². The molecule has 0 aromatic carbocycles. The monoisotopic (exact) mass is 174 g/mol. The fourth-order valence-electron chi connectivity index (χ4n) is 0.903. The lowest BCUT2D eigenvalue weighted by molar-refractivity contribution is 0.101. The van der Waals surface area contributed by atoms with Crippen molar-refractivity contribution in [1.82, 2.24) is 10.6 Å². The van der Waals surface area contributed by atoms with E-state index in [1.807, 2.05) is 0 Å². The zero-order valence-corrected chi connectivity index (χ0v) is 8.27. The first-order chi connectivity index (χ1) is 5.81. The Balaban J connectivity index is 3.04. The van der Waals surface area contributed by atoms with E-state index in [-0.39, 0.29) is 0 Å². The highest BCUT2D eigenvalue weighted by molar-refractivity contribution is 4.51. The molecule has 0 heterocycles. The second-order valence-corrected chi connectivity index (χ2v) is 3.02. The summed E-state index contributed by atoms with van der Waals surface area (Å²) >= 11 is 0. The first kappa shape index (κ1) is 11.9. The summed E-state index contributed by atoms with van der Waals surface area (Å²) in [5.41, 5.74) is 0. The van der Waals surface area contributed by atoms with Crippen molar-refractivity contribution in [2.24, 2.45) is 0 Å². The Bertz CT molecular complexity index is 78.6. The van der Waals surface area contributed by atoms with E-state index < -0.39 is 6.35 Å². The van der Waals surface area contributed by atoms with Gasteiger partial charge in [0.05, 0.1) is 0 Å². The van der Waals surface area contributed by atoms with Gasteiger partial charge in [-0.15, -0.1) is 0 Å². The lowest BCUT2D eigenvalue weighted by Crippen LogP contribution is -2.42. The molecule has 0 amide bonds. The number of unbranched alkanes of at least 4 members (excludes halogenated alkanes) is 2. The predicted octanol–water partition coefficient (Wildman–Crippen LogP) is 1.04. The Hall–Kier alpha value is -0.120. The minimum Gasteiger partial charge on any atom is -0.365 e. The minimum absolute atomic E-state index is 0.525. The van der Waals surface area contributed by atoms with Crippen LogP contribution in [0.3, 0.4) is 0 Å². The van der Waals surface area contributed by atoms with E-state index in [4.69, 9.17) is 0 Å². The van der Waals surface area contributed by atoms with E-state index in [1.165, 1.54) is 0 Å². The third-order valence-corrected chi connectivity index (χ3v) is 1.74. The normalized spacial score (nSPS) is 11.0. The van der Waals surface area contributed by atoms with Gasteiger partial charge < -0.3 is 5.11 Å². The smallest absolute Gasteiger partial charge is 0.160 e. The zero-order chi connectivity index (χ0) is 9.23. The largest absolute Gasteiger partial charge is 0.365 e. The Morgan fingerprint density at radius 1 is 1.00 bits per heavy atom. The Morgan fingerprint density at radius 3 is 1.75 bits per heavy atom. The van der Waals surface area contributed by atoms with Gasteiger partial charge in [-0.1, -0.05) is 26.7 Å². The topological polar surface area (TPSA) is 44.3 Å². The van der Waals surface area contributed by atoms with Crippen molar-refractivity contribution in [3.63, 3.8) is 0 Å². The molecule has 0 aromatic rings. The van der Waals surface area contributed by atoms with Crippen molar-refractivity contribution in [3.8, 4) is 0 Å². The molecule has 0 fully saturated rings. The summed E-state index contributed by atoms with van der Waals surface area (Å²) in [4.78, 5) is 0. The highest BCUT2D eigenvalue weighted by Gasteiger charge is 1.98. The Labute approximate surface area is 75.6 Å². The van der Waals surface area contributed by atoms with Crippen LogP contribution in [0.25, 0.3) is 0 Å². The molecule has 0 unspecified atom stereocenters. The number of rotatable bonds is 8. The molecule has 12 heavy (non-hydrogen) atoms. The second kappa shape index (κ2) is 8.97. The van der Waals surface area contributed by atoms with Gasteiger partial charge >= 0.3 is 0 Å². The maximum absolute atomic E-state index is 9.28. The van der Waals surface area contributed by atoms with E-state index in [2.05, 4.69) is 24.5 Å². The maximum atomic E-state index is 9.28. The summed E-state index contributed by atoms with van der Waals surface area (Å²) in [5.74, 6) is 0. The van der Waals surface area contributed by atoms with Crippen molar-refractivity contribution >= 4 is 0 Å². The third kappa shape index (κ3) is 7.98. The molecule has 0 radical (unpaired) electrons. The lowest BCUT2D eigenvalue weighted by atomic mass is 10.3. The highest BCUT2D eigenvalue weighted by Crippen LogP contribution is 1.85. The molecule has 3 nitrogen and oxygen atoms in total. The van der Waals surface area contributed by atoms with E-state index in [0.29, 0.717) is 0 Å². The van der Waals surface area contributed by atoms with Gasteiger partial charge in [-0.25, -0.2) is 0 Å². The molecular weight excluding hydrogens is 152 g/mol. The molecule has 0 aliphatic carbocycles. The third-order valence-electron chi connectivity index (χ3n) is 1.74. The van der Waals surface area contributed by atoms with E-state index in [1.54, 1.807) is 0 Å². The number of nitrogens with one attached hydrogen (secondary N) is 2. The van der Waals surface area contributed by atoms with E-state index in [0.717, 1.165) is 38.8 Å². The molecule has 0 spiro atoms. The van der Waals surface area contributed by atoms with Crippen molar-refractivity contribution in [1.29, 1.82) is 0 Å². The average molecular weight is 174 g/mol. The summed E-state index contributed by atoms with van der Waals surface area (Å²) in [7, 11) is 0. The molecule has 74 valence electrons. The SMILES string of the molecule is CCCCNC(O)NCCCC. The van der Waals surface area contributed by atoms with E-state index in [9.17, 15) is 5.11 Å². The van der Waals surface area contributed by atoms with E-state index >= 15 is 0 Å². The van der Waals surface area contributed by atoms with Crippen LogP contribution in [0.5, 0.6) is 0 Å². The number of hydrogen-bond acceptors (Lipinski definition) is 3. The van der Waals surface area contributed by atoms with Gasteiger partial charge in [-0.05, 0) is 25.9 Å². The number of aliphatic hydroxyl groups excluding tert-OH is 1. The van der Waals surface area contributed by atoms with Gasteiger partial charge in [0, 0.05) is 0 Å². The summed E-state index contributed by atoms with van der Waals surface area (Å²) in [6, 6.07) is 0. The molecule has 0 aliphatic rings. The van der Waals surface area contributed by atoms with Crippen LogP contribution in [-0.2, 0) is 0 Å². The maximum Gasteiger partial charge on any atom is 0.160 e. The Morgan fingerprint density at radius 2 is 1.42 bits per heavy atom. The van der Waals surface area contributed by atoms with Gasteiger partial charge in [-0.3, -0.25) is 10.6 Å². The molecule has 3 heteroatoms. The lowest BCUT2D eigenvalue weighted by Gasteiger charge is -2.13. The van der Waals surface area contributed by atoms with Crippen molar-refractivity contribution in [2.45, 2.75) is 45.9 Å². The summed E-state index contributed by atoms with van der Waals surface area (Å²) < 4.78 is 0. The number of hydrogen-bond donors (Lipinski definition) is 3. The average Bonchev–Trinajstić information content (AvgIpc) is 2.06. The predicted molar refractivity (Wildman–Crippen MR) is 51.8 cm³/mol. The van der Waals surface area contributed by atoms with Crippen LogP contribution >= 0.6 is 0 Å². The molecule has 0 aliphatic heterocycles. The standard InChI is InChI=1S/C9H22N2O/c1-3-5-7-10-9(12)11-8-6-4-2/h9-12H,3-8H2,1-2H3. The molecule has 0 atom stereocenters. The minimum atomic E-state index is -0.525. The van der Waals surface area contributed by atoms with Gasteiger partial charge in [0.1, 0.15) is 0 Å². The van der Waals surface area contributed by atoms with Crippen LogP contribution < -0.4 is 10.6 Å². The Kier molecular flexibility index (Phi) is 8.88. The van der Waals surface area contributed by atoms with Crippen LogP contribution in [-0.4, -0.2) is 24.5 Å². The highest BCUT2D eigenvalue weighted by atomic mass is 16.3. The van der Waals surface area contributed by atoms with Crippen LogP contribution in [0.2, 0.25) is 0 Å². The molecular formula is C9H22N2O. The molecule has 0 saturated heterocycles. The number of aliphatic hydroxyl groups is 1.